The number of nitrogens with zero attached hydrogens (tertiary/aromatic N) is 3. The zero-order valence-electron chi connectivity index (χ0n) is 14.2. The molecule has 1 aromatic heterocycles. The summed E-state index contributed by atoms with van der Waals surface area (Å²) in [5.41, 5.74) is 4.19. The Kier molecular flexibility index (Phi) is 5.32. The number of carbonyl (C=O) groups is 3. The number of aromatic nitrogens is 1. The Morgan fingerprint density at radius 1 is 1.22 bits per heavy atom. The van der Waals surface area contributed by atoms with Crippen molar-refractivity contribution in [1.82, 2.24) is 15.7 Å². The molecule has 0 unspecified atom stereocenters. The zero-order chi connectivity index (χ0) is 19.4. The summed E-state index contributed by atoms with van der Waals surface area (Å²) in [7, 11) is 0. The van der Waals surface area contributed by atoms with Gasteiger partial charge in [0.05, 0.1) is 5.69 Å². The highest BCUT2D eigenvalue weighted by Crippen LogP contribution is 2.20. The molecule has 2 aromatic rings. The minimum absolute atomic E-state index is 0.000626. The van der Waals surface area contributed by atoms with E-state index in [1.54, 1.807) is 12.1 Å². The Balaban J connectivity index is 1.75. The lowest BCUT2D eigenvalue weighted by Crippen LogP contribution is -2.58. The maximum Gasteiger partial charge on any atom is 0.271 e. The molecule has 9 heteroatoms. The monoisotopic (exact) mass is 381 g/mol. The van der Waals surface area contributed by atoms with E-state index in [1.165, 1.54) is 29.4 Å². The first-order valence-electron chi connectivity index (χ1n) is 7.96. The second-order valence-electron chi connectivity index (χ2n) is 5.74. The number of hydrogen-bond acceptors (Lipinski definition) is 6. The van der Waals surface area contributed by atoms with Crippen LogP contribution in [0.2, 0.25) is 0 Å². The smallest absolute Gasteiger partial charge is 0.271 e. The summed E-state index contributed by atoms with van der Waals surface area (Å²) in [5, 5.41) is 6.22. The van der Waals surface area contributed by atoms with Crippen LogP contribution in [-0.4, -0.2) is 34.0 Å². The summed E-state index contributed by atoms with van der Waals surface area (Å²) in [6.07, 6.45) is 4.02. The summed E-state index contributed by atoms with van der Waals surface area (Å²) < 4.78 is 0. The van der Waals surface area contributed by atoms with Gasteiger partial charge in [0.25, 0.3) is 11.8 Å². The van der Waals surface area contributed by atoms with Crippen LogP contribution in [0.5, 0.6) is 0 Å². The molecule has 1 aliphatic rings. The molecule has 1 fully saturated rings. The number of thiocarbonyl (C=S) groups is 1. The summed E-state index contributed by atoms with van der Waals surface area (Å²) in [6.45, 7) is 1.92. The van der Waals surface area contributed by atoms with E-state index < -0.39 is 23.6 Å². The molecular weight excluding hydrogens is 366 g/mol. The molecule has 136 valence electrons. The van der Waals surface area contributed by atoms with Crippen LogP contribution in [0, 0.1) is 12.8 Å². The number of amides is 3. The maximum absolute atomic E-state index is 12.7. The second-order valence-corrected chi connectivity index (χ2v) is 6.12. The molecule has 27 heavy (non-hydrogen) atoms. The summed E-state index contributed by atoms with van der Waals surface area (Å²) >= 11 is 5.12. The average Bonchev–Trinajstić information content (AvgIpc) is 2.66. The van der Waals surface area contributed by atoms with E-state index in [0.717, 1.165) is 11.8 Å². The number of pyridine rings is 1. The number of aryl methyl sites for hydroxylation is 1. The van der Waals surface area contributed by atoms with Crippen molar-refractivity contribution < 1.29 is 14.4 Å². The third-order valence-corrected chi connectivity index (χ3v) is 4.11. The molecule has 0 saturated carbocycles. The molecule has 0 aliphatic carbocycles. The number of nitrogens with one attached hydrogen (secondary N) is 2. The highest BCUT2D eigenvalue weighted by atomic mass is 32.1. The van der Waals surface area contributed by atoms with Gasteiger partial charge >= 0.3 is 0 Å². The molecule has 3 amide bonds. The van der Waals surface area contributed by atoms with Crippen LogP contribution >= 0.6 is 12.2 Å². The van der Waals surface area contributed by atoms with Crippen molar-refractivity contribution >= 4 is 47.0 Å². The fraction of sp³-hybridized carbons (Fsp3) is 0.111. The van der Waals surface area contributed by atoms with Crippen LogP contribution in [-0.2, 0) is 9.59 Å². The molecule has 0 radical (unpaired) electrons. The van der Waals surface area contributed by atoms with E-state index in [2.05, 4.69) is 20.8 Å². The molecule has 0 spiro atoms. The Bertz CT molecular complexity index is 928. The fourth-order valence-electron chi connectivity index (χ4n) is 2.40. The van der Waals surface area contributed by atoms with E-state index in [0.29, 0.717) is 11.3 Å². The van der Waals surface area contributed by atoms with Gasteiger partial charge in [-0.3, -0.25) is 24.3 Å². The van der Waals surface area contributed by atoms with Crippen LogP contribution in [0.15, 0.2) is 53.9 Å². The third kappa shape index (κ3) is 4.04. The Hall–Kier alpha value is -3.46. The van der Waals surface area contributed by atoms with Crippen molar-refractivity contribution in [3.8, 4) is 0 Å². The van der Waals surface area contributed by atoms with E-state index >= 15 is 0 Å². The number of hydrogen-bond donors (Lipinski definition) is 2. The van der Waals surface area contributed by atoms with E-state index in [1.807, 2.05) is 19.1 Å². The first-order valence-corrected chi connectivity index (χ1v) is 8.37. The van der Waals surface area contributed by atoms with Gasteiger partial charge in [-0.05, 0) is 43.4 Å². The van der Waals surface area contributed by atoms with Crippen molar-refractivity contribution in [3.05, 3.63) is 59.9 Å². The zero-order valence-corrected chi connectivity index (χ0v) is 15.1. The van der Waals surface area contributed by atoms with E-state index in [-0.39, 0.29) is 5.11 Å². The van der Waals surface area contributed by atoms with Gasteiger partial charge in [0.1, 0.15) is 0 Å². The summed E-state index contributed by atoms with van der Waals surface area (Å²) in [4.78, 5) is 41.9. The molecule has 3 rings (SSSR count). The van der Waals surface area contributed by atoms with E-state index in [9.17, 15) is 14.4 Å². The number of benzene rings is 1. The predicted molar refractivity (Wildman–Crippen MR) is 103 cm³/mol. The highest BCUT2D eigenvalue weighted by molar-refractivity contribution is 7.80. The molecule has 1 atom stereocenters. The lowest BCUT2D eigenvalue weighted by Gasteiger charge is -2.30. The minimum atomic E-state index is -1.21. The van der Waals surface area contributed by atoms with Gasteiger partial charge in [-0.15, -0.1) is 0 Å². The highest BCUT2D eigenvalue weighted by Gasteiger charge is 2.38. The molecule has 0 bridgehead atoms. The lowest BCUT2D eigenvalue weighted by molar-refractivity contribution is -0.130. The molecule has 1 saturated heterocycles. The van der Waals surface area contributed by atoms with Crippen LogP contribution < -0.4 is 15.6 Å². The van der Waals surface area contributed by atoms with Crippen molar-refractivity contribution in [2.45, 2.75) is 6.92 Å². The SMILES string of the molecule is Cc1ccc(N2C(=O)[C@H](/C=N/NC(=O)c3ccncc3)C(=O)NC2=S)cc1. The third-order valence-electron chi connectivity index (χ3n) is 3.83. The van der Waals surface area contributed by atoms with Gasteiger partial charge < -0.3 is 5.32 Å². The molecular formula is C18H15N5O3S. The molecule has 2 N–H and O–H groups in total. The Morgan fingerprint density at radius 3 is 2.56 bits per heavy atom. The Morgan fingerprint density at radius 2 is 1.89 bits per heavy atom. The number of hydrazone groups is 1. The van der Waals surface area contributed by atoms with Crippen LogP contribution in [0.3, 0.4) is 0 Å². The van der Waals surface area contributed by atoms with Gasteiger partial charge in [0.2, 0.25) is 5.91 Å². The van der Waals surface area contributed by atoms with Gasteiger partial charge in [-0.1, -0.05) is 17.7 Å². The first-order chi connectivity index (χ1) is 13.0. The maximum atomic E-state index is 12.7. The van der Waals surface area contributed by atoms with Crippen molar-refractivity contribution in [1.29, 1.82) is 0 Å². The standard InChI is InChI=1S/C18H15N5O3S/c1-11-2-4-13(5-3-11)23-17(26)14(16(25)21-18(23)27)10-20-22-15(24)12-6-8-19-9-7-12/h2-10,14H,1H3,(H,22,24)(H,21,25,27)/b20-10+/t14-/m1/s1. The van der Waals surface area contributed by atoms with Crippen molar-refractivity contribution in [2.75, 3.05) is 4.90 Å². The lowest BCUT2D eigenvalue weighted by atomic mass is 10.1. The average molecular weight is 381 g/mol. The molecule has 1 aliphatic heterocycles. The largest absolute Gasteiger partial charge is 0.301 e. The van der Waals surface area contributed by atoms with Gasteiger partial charge in [0.15, 0.2) is 11.0 Å². The minimum Gasteiger partial charge on any atom is -0.301 e. The van der Waals surface area contributed by atoms with Crippen molar-refractivity contribution in [2.24, 2.45) is 11.0 Å². The van der Waals surface area contributed by atoms with Gasteiger partial charge in [-0.25, -0.2) is 5.43 Å². The molecule has 8 nitrogen and oxygen atoms in total. The molecule has 1 aromatic carbocycles. The van der Waals surface area contributed by atoms with Crippen LogP contribution in [0.25, 0.3) is 0 Å². The summed E-state index contributed by atoms with van der Waals surface area (Å²) in [5.74, 6) is -2.84. The topological polar surface area (TPSA) is 104 Å². The number of anilines is 1. The molecule has 2 heterocycles. The van der Waals surface area contributed by atoms with Crippen LogP contribution in [0.4, 0.5) is 5.69 Å². The van der Waals surface area contributed by atoms with Gasteiger partial charge in [-0.2, -0.15) is 5.10 Å². The predicted octanol–water partition coefficient (Wildman–Crippen LogP) is 1.17. The van der Waals surface area contributed by atoms with Crippen molar-refractivity contribution in [3.63, 3.8) is 0 Å². The quantitative estimate of drug-likeness (QED) is 0.358. The Labute approximate surface area is 160 Å². The second kappa shape index (κ2) is 7.83. The van der Waals surface area contributed by atoms with Crippen LogP contribution in [0.1, 0.15) is 15.9 Å². The fourth-order valence-corrected chi connectivity index (χ4v) is 2.69. The number of carbonyl (C=O) groups excluding carboxylic acids is 3. The number of rotatable bonds is 4. The van der Waals surface area contributed by atoms with E-state index in [4.69, 9.17) is 12.2 Å². The first kappa shape index (κ1) is 18.3. The van der Waals surface area contributed by atoms with Gasteiger partial charge in [0, 0.05) is 24.2 Å². The summed E-state index contributed by atoms with van der Waals surface area (Å²) in [6, 6.07) is 10.2. The normalized spacial score (nSPS) is 17.1.